The molecule has 0 aliphatic rings. The van der Waals surface area contributed by atoms with E-state index in [1.54, 1.807) is 37.4 Å². The van der Waals surface area contributed by atoms with Gasteiger partial charge in [0, 0.05) is 12.6 Å². The van der Waals surface area contributed by atoms with E-state index in [9.17, 15) is 9.18 Å². The average Bonchev–Trinajstić information content (AvgIpc) is 2.73. The summed E-state index contributed by atoms with van der Waals surface area (Å²) in [6.07, 6.45) is 0. The molecule has 0 fully saturated rings. The maximum absolute atomic E-state index is 13.8. The predicted molar refractivity (Wildman–Crippen MR) is 78.6 cm³/mol. The molecule has 1 atom stereocenters. The standard InChI is InChI=1S/C15H11BrFNO2/c1-18-12-7-6-9(8-13(12)20-15(18)19)14(16)10-4-2-3-5-11(10)17/h2-8,14H,1H3. The molecule has 1 aromatic heterocycles. The minimum Gasteiger partial charge on any atom is -0.408 e. The third-order valence-electron chi connectivity index (χ3n) is 3.29. The van der Waals surface area contributed by atoms with Gasteiger partial charge in [0.05, 0.1) is 10.3 Å². The highest BCUT2D eigenvalue weighted by molar-refractivity contribution is 9.09. The molecule has 0 N–H and O–H groups in total. The van der Waals surface area contributed by atoms with E-state index in [2.05, 4.69) is 15.9 Å². The lowest BCUT2D eigenvalue weighted by Crippen LogP contribution is -2.08. The maximum Gasteiger partial charge on any atom is 0.419 e. The van der Waals surface area contributed by atoms with Gasteiger partial charge in [0.2, 0.25) is 0 Å². The summed E-state index contributed by atoms with van der Waals surface area (Å²) in [7, 11) is 1.65. The van der Waals surface area contributed by atoms with Crippen molar-refractivity contribution in [2.45, 2.75) is 4.83 Å². The van der Waals surface area contributed by atoms with Gasteiger partial charge in [0.1, 0.15) is 5.82 Å². The molecule has 3 rings (SSSR count). The van der Waals surface area contributed by atoms with E-state index in [0.29, 0.717) is 16.7 Å². The largest absolute Gasteiger partial charge is 0.419 e. The second-order valence-corrected chi connectivity index (χ2v) is 5.45. The fourth-order valence-electron chi connectivity index (χ4n) is 2.17. The van der Waals surface area contributed by atoms with Crippen molar-refractivity contribution >= 4 is 27.0 Å². The third kappa shape index (κ3) is 2.08. The lowest BCUT2D eigenvalue weighted by atomic mass is 10.0. The molecule has 0 radical (unpaired) electrons. The second kappa shape index (κ2) is 4.90. The van der Waals surface area contributed by atoms with Gasteiger partial charge in [-0.15, -0.1) is 0 Å². The molecule has 20 heavy (non-hydrogen) atoms. The molecule has 102 valence electrons. The van der Waals surface area contributed by atoms with Gasteiger partial charge in [-0.05, 0) is 23.8 Å². The van der Waals surface area contributed by atoms with Crippen LogP contribution in [0.4, 0.5) is 4.39 Å². The summed E-state index contributed by atoms with van der Waals surface area (Å²) in [5.74, 6) is -0.682. The topological polar surface area (TPSA) is 35.1 Å². The highest BCUT2D eigenvalue weighted by Crippen LogP contribution is 2.33. The number of aryl methyl sites for hydroxylation is 1. The lowest BCUT2D eigenvalue weighted by molar-refractivity contribution is 0.528. The molecule has 0 saturated carbocycles. The highest BCUT2D eigenvalue weighted by atomic mass is 79.9. The number of nitrogens with zero attached hydrogens (tertiary/aromatic N) is 1. The summed E-state index contributed by atoms with van der Waals surface area (Å²) in [6.45, 7) is 0. The van der Waals surface area contributed by atoms with E-state index in [1.165, 1.54) is 10.6 Å². The van der Waals surface area contributed by atoms with Crippen molar-refractivity contribution in [3.8, 4) is 0 Å². The Labute approximate surface area is 122 Å². The van der Waals surface area contributed by atoms with Crippen LogP contribution in [0.15, 0.2) is 51.7 Å². The van der Waals surface area contributed by atoms with Gasteiger partial charge >= 0.3 is 5.76 Å². The quantitative estimate of drug-likeness (QED) is 0.668. The van der Waals surface area contributed by atoms with Gasteiger partial charge in [-0.2, -0.15) is 0 Å². The van der Waals surface area contributed by atoms with Crippen LogP contribution in [-0.2, 0) is 7.05 Å². The van der Waals surface area contributed by atoms with Crippen molar-refractivity contribution in [3.63, 3.8) is 0 Å². The first-order valence-electron chi connectivity index (χ1n) is 6.06. The van der Waals surface area contributed by atoms with Crippen molar-refractivity contribution in [1.29, 1.82) is 0 Å². The Balaban J connectivity index is 2.11. The molecule has 0 saturated heterocycles. The molecule has 0 bridgehead atoms. The Kier molecular flexibility index (Phi) is 3.22. The summed E-state index contributed by atoms with van der Waals surface area (Å²) in [6, 6.07) is 12.0. The molecule has 1 heterocycles. The van der Waals surface area contributed by atoms with Gasteiger partial charge < -0.3 is 4.42 Å². The number of alkyl halides is 1. The van der Waals surface area contributed by atoms with Crippen LogP contribution in [0.5, 0.6) is 0 Å². The van der Waals surface area contributed by atoms with E-state index in [-0.39, 0.29) is 10.6 Å². The minimum atomic E-state index is -0.408. The molecule has 0 amide bonds. The van der Waals surface area contributed by atoms with Crippen molar-refractivity contribution in [2.24, 2.45) is 7.05 Å². The van der Waals surface area contributed by atoms with Gasteiger partial charge in [0.15, 0.2) is 5.58 Å². The molecule has 3 aromatic rings. The first-order valence-corrected chi connectivity index (χ1v) is 6.97. The van der Waals surface area contributed by atoms with Crippen LogP contribution in [0, 0.1) is 5.82 Å². The number of hydrogen-bond donors (Lipinski definition) is 0. The van der Waals surface area contributed by atoms with E-state index in [1.807, 2.05) is 6.07 Å². The Hall–Kier alpha value is -1.88. The first kappa shape index (κ1) is 13.1. The lowest BCUT2D eigenvalue weighted by Gasteiger charge is -2.11. The Morgan fingerprint density at radius 3 is 2.75 bits per heavy atom. The zero-order valence-electron chi connectivity index (χ0n) is 10.6. The number of halogens is 2. The summed E-state index contributed by atoms with van der Waals surface area (Å²) in [5.41, 5.74) is 2.59. The number of aromatic nitrogens is 1. The predicted octanol–water partition coefficient (Wildman–Crippen LogP) is 3.75. The number of rotatable bonds is 2. The van der Waals surface area contributed by atoms with Crippen molar-refractivity contribution in [2.75, 3.05) is 0 Å². The molecular formula is C15H11BrFNO2. The Morgan fingerprint density at radius 1 is 1.25 bits per heavy atom. The van der Waals surface area contributed by atoms with Crippen molar-refractivity contribution in [3.05, 3.63) is 70.0 Å². The number of oxazole rings is 1. The minimum absolute atomic E-state index is 0.274. The summed E-state index contributed by atoms with van der Waals surface area (Å²) >= 11 is 3.49. The second-order valence-electron chi connectivity index (χ2n) is 4.54. The van der Waals surface area contributed by atoms with E-state index >= 15 is 0 Å². The molecule has 2 aromatic carbocycles. The van der Waals surface area contributed by atoms with Crippen LogP contribution in [-0.4, -0.2) is 4.57 Å². The molecular weight excluding hydrogens is 325 g/mol. The molecule has 0 aliphatic heterocycles. The molecule has 1 unspecified atom stereocenters. The normalized spacial score (nSPS) is 12.8. The molecule has 5 heteroatoms. The fourth-order valence-corrected chi connectivity index (χ4v) is 2.82. The van der Waals surface area contributed by atoms with Gasteiger partial charge in [-0.1, -0.05) is 40.2 Å². The zero-order valence-corrected chi connectivity index (χ0v) is 12.2. The first-order chi connectivity index (χ1) is 9.58. The van der Waals surface area contributed by atoms with Crippen LogP contribution in [0.1, 0.15) is 16.0 Å². The number of fused-ring (bicyclic) bond motifs is 1. The van der Waals surface area contributed by atoms with Crippen molar-refractivity contribution in [1.82, 2.24) is 4.57 Å². The van der Waals surface area contributed by atoms with Crippen LogP contribution in [0.3, 0.4) is 0 Å². The average molecular weight is 336 g/mol. The fraction of sp³-hybridized carbons (Fsp3) is 0.133. The maximum atomic E-state index is 13.8. The van der Waals surface area contributed by atoms with Gasteiger partial charge in [-0.25, -0.2) is 9.18 Å². The third-order valence-corrected chi connectivity index (χ3v) is 4.31. The number of benzene rings is 2. The van der Waals surface area contributed by atoms with Crippen LogP contribution < -0.4 is 5.76 Å². The van der Waals surface area contributed by atoms with E-state index < -0.39 is 5.76 Å². The van der Waals surface area contributed by atoms with Gasteiger partial charge in [0.25, 0.3) is 0 Å². The Bertz CT molecular complexity index is 837. The number of hydrogen-bond acceptors (Lipinski definition) is 2. The molecule has 0 aliphatic carbocycles. The smallest absolute Gasteiger partial charge is 0.408 e. The van der Waals surface area contributed by atoms with Crippen molar-refractivity contribution < 1.29 is 8.81 Å². The summed E-state index contributed by atoms with van der Waals surface area (Å²) in [5, 5.41) is 0. The molecule has 3 nitrogen and oxygen atoms in total. The van der Waals surface area contributed by atoms with Crippen LogP contribution in [0.25, 0.3) is 11.1 Å². The SMILES string of the molecule is Cn1c(=O)oc2cc(C(Br)c3ccccc3F)ccc21. The summed E-state index contributed by atoms with van der Waals surface area (Å²) in [4.78, 5) is 11.2. The van der Waals surface area contributed by atoms with E-state index in [0.717, 1.165) is 5.56 Å². The van der Waals surface area contributed by atoms with E-state index in [4.69, 9.17) is 4.42 Å². The molecule has 0 spiro atoms. The van der Waals surface area contributed by atoms with Crippen LogP contribution in [0.2, 0.25) is 0 Å². The summed E-state index contributed by atoms with van der Waals surface area (Å²) < 4.78 is 20.4. The highest BCUT2D eigenvalue weighted by Gasteiger charge is 2.16. The van der Waals surface area contributed by atoms with Gasteiger partial charge in [-0.3, -0.25) is 4.57 Å². The Morgan fingerprint density at radius 2 is 2.00 bits per heavy atom. The monoisotopic (exact) mass is 335 g/mol. The van der Waals surface area contributed by atoms with Crippen LogP contribution >= 0.6 is 15.9 Å². The zero-order chi connectivity index (χ0) is 14.3.